The highest BCUT2D eigenvalue weighted by Crippen LogP contribution is 2.32. The number of para-hydroxylation sites is 1. The summed E-state index contributed by atoms with van der Waals surface area (Å²) in [4.78, 5) is 26.1. The number of amides is 1. The SMILES string of the molecule is CC(=O)c1cc(Cl)ccc1OCC(=O)N1c2ccccc2CC1C. The molecule has 0 bridgehead atoms. The van der Waals surface area contributed by atoms with E-state index in [0.717, 1.165) is 17.7 Å². The number of halogens is 1. The molecule has 2 aromatic rings. The van der Waals surface area contributed by atoms with Crippen LogP contribution >= 0.6 is 11.6 Å². The van der Waals surface area contributed by atoms with Gasteiger partial charge in [-0.1, -0.05) is 29.8 Å². The molecule has 0 fully saturated rings. The van der Waals surface area contributed by atoms with Crippen molar-refractivity contribution in [3.05, 3.63) is 58.6 Å². The van der Waals surface area contributed by atoms with Crippen molar-refractivity contribution in [3.8, 4) is 5.75 Å². The highest BCUT2D eigenvalue weighted by Gasteiger charge is 2.30. The van der Waals surface area contributed by atoms with E-state index in [4.69, 9.17) is 16.3 Å². The zero-order chi connectivity index (χ0) is 17.3. The van der Waals surface area contributed by atoms with E-state index in [1.165, 1.54) is 6.92 Å². The number of carbonyl (C=O) groups is 2. The number of carbonyl (C=O) groups excluding carboxylic acids is 2. The Balaban J connectivity index is 1.76. The lowest BCUT2D eigenvalue weighted by Crippen LogP contribution is -2.39. The molecule has 0 spiro atoms. The monoisotopic (exact) mass is 343 g/mol. The van der Waals surface area contributed by atoms with E-state index < -0.39 is 0 Å². The number of hydrogen-bond donors (Lipinski definition) is 0. The van der Waals surface area contributed by atoms with Gasteiger partial charge in [-0.05, 0) is 50.1 Å². The van der Waals surface area contributed by atoms with Gasteiger partial charge in [-0.3, -0.25) is 9.59 Å². The van der Waals surface area contributed by atoms with E-state index in [2.05, 4.69) is 0 Å². The van der Waals surface area contributed by atoms with Crippen LogP contribution in [0.3, 0.4) is 0 Å². The molecular formula is C19H18ClNO3. The molecule has 4 nitrogen and oxygen atoms in total. The number of hydrogen-bond acceptors (Lipinski definition) is 3. The lowest BCUT2D eigenvalue weighted by Gasteiger charge is -2.23. The number of ketones is 1. The largest absolute Gasteiger partial charge is 0.483 e. The number of nitrogens with zero attached hydrogens (tertiary/aromatic N) is 1. The van der Waals surface area contributed by atoms with Crippen molar-refractivity contribution >= 4 is 29.0 Å². The van der Waals surface area contributed by atoms with E-state index in [9.17, 15) is 9.59 Å². The van der Waals surface area contributed by atoms with Crippen LogP contribution in [-0.2, 0) is 11.2 Å². The summed E-state index contributed by atoms with van der Waals surface area (Å²) in [5, 5.41) is 0.459. The fourth-order valence-corrected chi connectivity index (χ4v) is 3.23. The average Bonchev–Trinajstić information content (AvgIpc) is 2.89. The summed E-state index contributed by atoms with van der Waals surface area (Å²) in [6.07, 6.45) is 0.835. The Kier molecular flexibility index (Phi) is 4.58. The molecule has 1 atom stereocenters. The van der Waals surface area contributed by atoms with Crippen molar-refractivity contribution in [2.45, 2.75) is 26.3 Å². The first-order valence-electron chi connectivity index (χ1n) is 7.80. The number of anilines is 1. The zero-order valence-corrected chi connectivity index (χ0v) is 14.3. The Bertz CT molecular complexity index is 803. The Morgan fingerprint density at radius 2 is 2.00 bits per heavy atom. The minimum atomic E-state index is -0.153. The zero-order valence-electron chi connectivity index (χ0n) is 13.6. The van der Waals surface area contributed by atoms with Gasteiger partial charge in [0.2, 0.25) is 0 Å². The number of rotatable bonds is 4. The summed E-state index contributed by atoms with van der Waals surface area (Å²) in [5.74, 6) is 0.0946. The highest BCUT2D eigenvalue weighted by atomic mass is 35.5. The second-order valence-electron chi connectivity index (χ2n) is 5.93. The maximum Gasteiger partial charge on any atom is 0.265 e. The number of fused-ring (bicyclic) bond motifs is 1. The standard InChI is InChI=1S/C19H18ClNO3/c1-12-9-14-5-3-4-6-17(14)21(12)19(23)11-24-18-8-7-15(20)10-16(18)13(2)22/h3-8,10,12H,9,11H2,1-2H3. The van der Waals surface area contributed by atoms with Crippen LogP contribution in [0.15, 0.2) is 42.5 Å². The smallest absolute Gasteiger partial charge is 0.265 e. The molecule has 1 amide bonds. The molecule has 0 saturated heterocycles. The second kappa shape index (κ2) is 6.65. The van der Waals surface area contributed by atoms with Crippen molar-refractivity contribution in [1.82, 2.24) is 0 Å². The Morgan fingerprint density at radius 1 is 1.25 bits per heavy atom. The molecule has 5 heteroatoms. The summed E-state index contributed by atoms with van der Waals surface area (Å²) < 4.78 is 5.62. The first-order chi connectivity index (χ1) is 11.5. The highest BCUT2D eigenvalue weighted by molar-refractivity contribution is 6.31. The number of benzene rings is 2. The van der Waals surface area contributed by atoms with Crippen LogP contribution in [0.25, 0.3) is 0 Å². The van der Waals surface area contributed by atoms with Gasteiger partial charge in [0.25, 0.3) is 5.91 Å². The molecule has 24 heavy (non-hydrogen) atoms. The maximum absolute atomic E-state index is 12.6. The van der Waals surface area contributed by atoms with Crippen LogP contribution in [0, 0.1) is 0 Å². The van der Waals surface area contributed by atoms with Gasteiger partial charge in [-0.2, -0.15) is 0 Å². The van der Waals surface area contributed by atoms with E-state index in [-0.39, 0.29) is 24.3 Å². The molecule has 1 heterocycles. The average molecular weight is 344 g/mol. The molecule has 0 saturated carbocycles. The minimum Gasteiger partial charge on any atom is -0.483 e. The molecule has 124 valence electrons. The van der Waals surface area contributed by atoms with E-state index in [0.29, 0.717) is 16.3 Å². The molecule has 0 aliphatic carbocycles. The van der Waals surface area contributed by atoms with Crippen molar-refractivity contribution in [3.63, 3.8) is 0 Å². The molecule has 2 aromatic carbocycles. The fraction of sp³-hybridized carbons (Fsp3) is 0.263. The lowest BCUT2D eigenvalue weighted by atomic mass is 10.1. The van der Waals surface area contributed by atoms with Crippen LogP contribution in [0.1, 0.15) is 29.8 Å². The Morgan fingerprint density at radius 3 is 2.75 bits per heavy atom. The molecule has 0 radical (unpaired) electrons. The van der Waals surface area contributed by atoms with Crippen LogP contribution in [-0.4, -0.2) is 24.3 Å². The summed E-state index contributed by atoms with van der Waals surface area (Å²) in [6, 6.07) is 12.8. The number of ether oxygens (including phenoxy) is 1. The summed E-state index contributed by atoms with van der Waals surface area (Å²) >= 11 is 5.92. The van der Waals surface area contributed by atoms with Crippen LogP contribution in [0.5, 0.6) is 5.75 Å². The molecule has 1 aliphatic heterocycles. The van der Waals surface area contributed by atoms with Gasteiger partial charge in [-0.15, -0.1) is 0 Å². The predicted molar refractivity (Wildman–Crippen MR) is 94.0 cm³/mol. The van der Waals surface area contributed by atoms with Crippen molar-refractivity contribution in [1.29, 1.82) is 0 Å². The molecule has 0 aromatic heterocycles. The van der Waals surface area contributed by atoms with Gasteiger partial charge < -0.3 is 9.64 Å². The van der Waals surface area contributed by atoms with E-state index in [1.54, 1.807) is 23.1 Å². The van der Waals surface area contributed by atoms with Crippen molar-refractivity contribution in [2.24, 2.45) is 0 Å². The topological polar surface area (TPSA) is 46.6 Å². The molecular weight excluding hydrogens is 326 g/mol. The van der Waals surface area contributed by atoms with Crippen molar-refractivity contribution < 1.29 is 14.3 Å². The third kappa shape index (κ3) is 3.15. The molecule has 3 rings (SSSR count). The molecule has 1 aliphatic rings. The van der Waals surface area contributed by atoms with Crippen molar-refractivity contribution in [2.75, 3.05) is 11.5 Å². The van der Waals surface area contributed by atoms with Gasteiger partial charge in [0.1, 0.15) is 5.75 Å². The predicted octanol–water partition coefficient (Wildman–Crippen LogP) is 3.90. The van der Waals surface area contributed by atoms with Gasteiger partial charge in [0.05, 0.1) is 5.56 Å². The van der Waals surface area contributed by atoms with Gasteiger partial charge in [-0.25, -0.2) is 0 Å². The third-order valence-corrected chi connectivity index (χ3v) is 4.38. The first-order valence-corrected chi connectivity index (χ1v) is 8.18. The summed E-state index contributed by atoms with van der Waals surface area (Å²) in [5.41, 5.74) is 2.47. The first kappa shape index (κ1) is 16.5. The fourth-order valence-electron chi connectivity index (χ4n) is 3.06. The van der Waals surface area contributed by atoms with Gasteiger partial charge in [0, 0.05) is 16.8 Å². The summed E-state index contributed by atoms with van der Waals surface area (Å²) in [6.45, 7) is 3.33. The Hall–Kier alpha value is -2.33. The Labute approximate surface area is 146 Å². The van der Waals surface area contributed by atoms with Crippen LogP contribution in [0.4, 0.5) is 5.69 Å². The quantitative estimate of drug-likeness (QED) is 0.791. The van der Waals surface area contributed by atoms with Gasteiger partial charge in [0.15, 0.2) is 12.4 Å². The normalized spacial score (nSPS) is 16.0. The van der Waals surface area contributed by atoms with E-state index >= 15 is 0 Å². The van der Waals surface area contributed by atoms with Crippen LogP contribution in [0.2, 0.25) is 5.02 Å². The lowest BCUT2D eigenvalue weighted by molar-refractivity contribution is -0.120. The second-order valence-corrected chi connectivity index (χ2v) is 6.37. The molecule has 1 unspecified atom stereocenters. The maximum atomic E-state index is 12.6. The molecule has 0 N–H and O–H groups in total. The summed E-state index contributed by atoms with van der Waals surface area (Å²) in [7, 11) is 0. The van der Waals surface area contributed by atoms with E-state index in [1.807, 2.05) is 31.2 Å². The number of Topliss-reactive ketones (excluding diaryl/α,β-unsaturated/α-hetero) is 1. The van der Waals surface area contributed by atoms with Gasteiger partial charge >= 0.3 is 0 Å². The van der Waals surface area contributed by atoms with Crippen LogP contribution < -0.4 is 9.64 Å². The minimum absolute atomic E-state index is 0.0935. The third-order valence-electron chi connectivity index (χ3n) is 4.15.